The van der Waals surface area contributed by atoms with Gasteiger partial charge < -0.3 is 4.55 Å². The van der Waals surface area contributed by atoms with Gasteiger partial charge in [0.05, 0.1) is 15.6 Å². The normalized spacial score (nSPS) is 27.8. The van der Waals surface area contributed by atoms with Crippen molar-refractivity contribution in [1.82, 2.24) is 0 Å². The fraction of sp³-hybridized carbons (Fsp3) is 0.357. The minimum atomic E-state index is -4.07. The summed E-state index contributed by atoms with van der Waals surface area (Å²) in [7, 11) is -4.09. The molecule has 172 valence electrons. The molecule has 0 aromatic heterocycles. The van der Waals surface area contributed by atoms with Gasteiger partial charge in [0.2, 0.25) is 0 Å². The van der Waals surface area contributed by atoms with Gasteiger partial charge in [-0.2, -0.15) is 0 Å². The summed E-state index contributed by atoms with van der Waals surface area (Å²) in [6.07, 6.45) is 5.50. The molecule has 0 aliphatic heterocycles. The largest absolute Gasteiger partial charge is 0.748 e. The van der Waals surface area contributed by atoms with Gasteiger partial charge in [-0.1, -0.05) is 54.6 Å². The SMILES string of the molecule is O=S(=O)([O-])C12CC3CC(CC(C3)C1)C2.c1ccc([S+](c2ccccc2)c2ccccc2)cc1. The lowest BCUT2D eigenvalue weighted by molar-refractivity contribution is 0.0299. The first-order chi connectivity index (χ1) is 15.9. The first-order valence-electron chi connectivity index (χ1n) is 11.8. The van der Waals surface area contributed by atoms with E-state index in [1.165, 1.54) is 33.9 Å². The third-order valence-electron chi connectivity index (χ3n) is 7.45. The van der Waals surface area contributed by atoms with Crippen molar-refractivity contribution in [2.24, 2.45) is 17.8 Å². The Morgan fingerprint density at radius 1 is 0.606 bits per heavy atom. The topological polar surface area (TPSA) is 57.2 Å². The highest BCUT2D eigenvalue weighted by atomic mass is 32.2. The van der Waals surface area contributed by atoms with E-state index in [-0.39, 0.29) is 10.9 Å². The zero-order chi connectivity index (χ0) is 22.9. The molecule has 0 N–H and O–H groups in total. The average Bonchev–Trinajstić information content (AvgIpc) is 2.80. The van der Waals surface area contributed by atoms with Gasteiger partial charge in [-0.05, 0) is 92.7 Å². The minimum Gasteiger partial charge on any atom is -0.748 e. The van der Waals surface area contributed by atoms with Crippen LogP contribution in [0, 0.1) is 17.8 Å². The van der Waals surface area contributed by atoms with Crippen molar-refractivity contribution in [3.63, 3.8) is 0 Å². The molecule has 0 amide bonds. The third kappa shape index (κ3) is 4.77. The zero-order valence-electron chi connectivity index (χ0n) is 18.7. The molecule has 3 aromatic rings. The predicted molar refractivity (Wildman–Crippen MR) is 132 cm³/mol. The molecule has 3 aromatic carbocycles. The van der Waals surface area contributed by atoms with Gasteiger partial charge in [-0.25, -0.2) is 8.42 Å². The Kier molecular flexibility index (Phi) is 6.39. The Hall–Kier alpha value is -2.08. The van der Waals surface area contributed by atoms with E-state index in [0.717, 1.165) is 0 Å². The lowest BCUT2D eigenvalue weighted by atomic mass is 9.56. The Morgan fingerprint density at radius 3 is 1.18 bits per heavy atom. The van der Waals surface area contributed by atoms with Crippen molar-refractivity contribution in [2.45, 2.75) is 58.0 Å². The molecule has 0 heterocycles. The second-order valence-corrected chi connectivity index (χ2v) is 13.6. The molecule has 0 saturated heterocycles. The molecule has 4 aliphatic rings. The predicted octanol–water partition coefficient (Wildman–Crippen LogP) is 6.28. The van der Waals surface area contributed by atoms with Crippen molar-refractivity contribution in [1.29, 1.82) is 0 Å². The highest BCUT2D eigenvalue weighted by molar-refractivity contribution is 7.97. The van der Waals surface area contributed by atoms with Crippen molar-refractivity contribution in [3.8, 4) is 0 Å². The summed E-state index contributed by atoms with van der Waals surface area (Å²) in [6.45, 7) is 0. The van der Waals surface area contributed by atoms with Gasteiger partial charge in [0.15, 0.2) is 14.7 Å². The van der Waals surface area contributed by atoms with Crippen molar-refractivity contribution < 1.29 is 13.0 Å². The van der Waals surface area contributed by atoms with Crippen molar-refractivity contribution in [2.75, 3.05) is 0 Å². The Labute approximate surface area is 200 Å². The molecule has 33 heavy (non-hydrogen) atoms. The summed E-state index contributed by atoms with van der Waals surface area (Å²) in [5.41, 5.74) is 0. The van der Waals surface area contributed by atoms with Crippen LogP contribution in [0.15, 0.2) is 106 Å². The molecule has 0 atom stereocenters. The third-order valence-corrected chi connectivity index (χ3v) is 11.2. The van der Waals surface area contributed by atoms with Crippen LogP contribution in [0.25, 0.3) is 0 Å². The van der Waals surface area contributed by atoms with Gasteiger partial charge >= 0.3 is 0 Å². The van der Waals surface area contributed by atoms with E-state index < -0.39 is 14.9 Å². The molecule has 3 nitrogen and oxygen atoms in total. The van der Waals surface area contributed by atoms with E-state index in [1.807, 2.05) is 0 Å². The standard InChI is InChI=1S/C18H15S.C10H16O3S/c1-4-10-16(11-5-1)19(17-12-6-2-7-13-17)18-14-8-3-9-15-18;11-14(12,13)10-4-7-1-8(5-10)3-9(2-7)6-10/h1-15H;7-9H,1-6H2,(H,11,12,13)/q+1;/p-1. The van der Waals surface area contributed by atoms with Crippen LogP contribution in [0.4, 0.5) is 0 Å². The number of hydrogen-bond acceptors (Lipinski definition) is 3. The van der Waals surface area contributed by atoms with Crippen LogP contribution in [0.5, 0.6) is 0 Å². The second kappa shape index (κ2) is 9.28. The van der Waals surface area contributed by atoms with Crippen LogP contribution in [-0.4, -0.2) is 17.7 Å². The van der Waals surface area contributed by atoms with Gasteiger partial charge in [0.25, 0.3) is 0 Å². The molecular weight excluding hydrogens is 448 g/mol. The van der Waals surface area contributed by atoms with E-state index in [2.05, 4.69) is 91.0 Å². The van der Waals surface area contributed by atoms with E-state index >= 15 is 0 Å². The first-order valence-corrected chi connectivity index (χ1v) is 14.4. The van der Waals surface area contributed by atoms with Crippen molar-refractivity contribution in [3.05, 3.63) is 91.0 Å². The van der Waals surface area contributed by atoms with Crippen LogP contribution in [0.1, 0.15) is 38.5 Å². The molecule has 0 spiro atoms. The molecule has 7 rings (SSSR count). The summed E-state index contributed by atoms with van der Waals surface area (Å²) in [6, 6.07) is 32.2. The zero-order valence-corrected chi connectivity index (χ0v) is 20.3. The Morgan fingerprint density at radius 2 is 0.909 bits per heavy atom. The summed E-state index contributed by atoms with van der Waals surface area (Å²) >= 11 is 0. The number of rotatable bonds is 4. The maximum absolute atomic E-state index is 11.3. The molecule has 0 radical (unpaired) electrons. The van der Waals surface area contributed by atoms with Gasteiger partial charge in [0.1, 0.15) is 10.1 Å². The smallest absolute Gasteiger partial charge is 0.166 e. The van der Waals surface area contributed by atoms with Crippen molar-refractivity contribution >= 4 is 21.0 Å². The first kappa shape index (κ1) is 22.7. The van der Waals surface area contributed by atoms with E-state index in [0.29, 0.717) is 37.0 Å². The fourth-order valence-electron chi connectivity index (χ4n) is 6.42. The number of benzene rings is 3. The lowest BCUT2D eigenvalue weighted by Crippen LogP contribution is -2.54. The van der Waals surface area contributed by atoms with Crippen LogP contribution in [0.3, 0.4) is 0 Å². The van der Waals surface area contributed by atoms with Crippen LogP contribution >= 0.6 is 0 Å². The molecule has 4 bridgehead atoms. The monoisotopic (exact) mass is 478 g/mol. The van der Waals surface area contributed by atoms with E-state index in [4.69, 9.17) is 0 Å². The van der Waals surface area contributed by atoms with Crippen LogP contribution in [-0.2, 0) is 21.0 Å². The van der Waals surface area contributed by atoms with Gasteiger partial charge in [-0.3, -0.25) is 0 Å². The van der Waals surface area contributed by atoms with Crippen LogP contribution < -0.4 is 0 Å². The minimum absolute atomic E-state index is 0.0146. The molecule has 4 fully saturated rings. The molecule has 0 unspecified atom stereocenters. The molecule has 5 heteroatoms. The molecule has 4 aliphatic carbocycles. The summed E-state index contributed by atoms with van der Waals surface area (Å²) in [5.74, 6) is 1.60. The molecular formula is C28H30O3S2. The van der Waals surface area contributed by atoms with E-state index in [1.54, 1.807) is 0 Å². The highest BCUT2D eigenvalue weighted by Crippen LogP contribution is 2.58. The summed E-state index contributed by atoms with van der Waals surface area (Å²) in [4.78, 5) is 4.08. The quantitative estimate of drug-likeness (QED) is 0.327. The summed E-state index contributed by atoms with van der Waals surface area (Å²) < 4.78 is 33.1. The fourth-order valence-corrected chi connectivity index (χ4v) is 9.84. The summed E-state index contributed by atoms with van der Waals surface area (Å²) in [5, 5.41) is 0. The Bertz CT molecular complexity index is 1030. The van der Waals surface area contributed by atoms with E-state index in [9.17, 15) is 13.0 Å². The van der Waals surface area contributed by atoms with Gasteiger partial charge in [0, 0.05) is 0 Å². The maximum atomic E-state index is 11.3. The Balaban J connectivity index is 0.000000144. The lowest BCUT2D eigenvalue weighted by Gasteiger charge is -2.57. The number of hydrogen-bond donors (Lipinski definition) is 0. The second-order valence-electron chi connectivity index (χ2n) is 9.80. The van der Waals surface area contributed by atoms with Gasteiger partial charge in [-0.15, -0.1) is 0 Å². The maximum Gasteiger partial charge on any atom is 0.166 e. The molecule has 4 saturated carbocycles. The van der Waals surface area contributed by atoms with Crippen LogP contribution in [0.2, 0.25) is 0 Å². The average molecular weight is 479 g/mol. The highest BCUT2D eigenvalue weighted by Gasteiger charge is 2.54.